The molecule has 98 valence electrons. The molecular weight excluding hydrogens is 246 g/mol. The van der Waals surface area contributed by atoms with E-state index in [1.54, 1.807) is 31.2 Å². The van der Waals surface area contributed by atoms with E-state index in [1.807, 2.05) is 0 Å². The quantitative estimate of drug-likeness (QED) is 0.461. The van der Waals surface area contributed by atoms with Gasteiger partial charge >= 0.3 is 5.97 Å². The Labute approximate surface area is 110 Å². The van der Waals surface area contributed by atoms with Gasteiger partial charge in [0.05, 0.1) is 12.3 Å². The van der Waals surface area contributed by atoms with E-state index in [4.69, 9.17) is 5.26 Å². The van der Waals surface area contributed by atoms with Crippen molar-refractivity contribution < 1.29 is 14.3 Å². The molecule has 6 nitrogen and oxygen atoms in total. The predicted octanol–water partition coefficient (Wildman–Crippen LogP) is 2.43. The molecule has 1 rings (SSSR count). The monoisotopic (exact) mass is 259 g/mol. The number of hydrogen-bond acceptors (Lipinski definition) is 6. The SMILES string of the molecule is CCOC(=O)C(C#N)N=Nc1cccc(C(C)=O)c1. The Morgan fingerprint density at radius 2 is 2.21 bits per heavy atom. The summed E-state index contributed by atoms with van der Waals surface area (Å²) >= 11 is 0. The first-order valence-corrected chi connectivity index (χ1v) is 5.66. The highest BCUT2D eigenvalue weighted by Gasteiger charge is 2.17. The lowest BCUT2D eigenvalue weighted by Crippen LogP contribution is -2.19. The Morgan fingerprint density at radius 3 is 2.79 bits per heavy atom. The maximum absolute atomic E-state index is 11.3. The molecule has 0 radical (unpaired) electrons. The highest BCUT2D eigenvalue weighted by molar-refractivity contribution is 5.94. The molecule has 0 saturated heterocycles. The summed E-state index contributed by atoms with van der Waals surface area (Å²) < 4.78 is 4.68. The van der Waals surface area contributed by atoms with Crippen molar-refractivity contribution in [1.82, 2.24) is 0 Å². The number of hydrogen-bond donors (Lipinski definition) is 0. The van der Waals surface area contributed by atoms with Gasteiger partial charge in [-0.05, 0) is 26.0 Å². The summed E-state index contributed by atoms with van der Waals surface area (Å²) in [7, 11) is 0. The Balaban J connectivity index is 2.85. The maximum atomic E-state index is 11.3. The molecule has 0 spiro atoms. The molecule has 0 N–H and O–H groups in total. The van der Waals surface area contributed by atoms with Gasteiger partial charge in [0.1, 0.15) is 6.07 Å². The highest BCUT2D eigenvalue weighted by Crippen LogP contribution is 2.15. The zero-order valence-electron chi connectivity index (χ0n) is 10.7. The lowest BCUT2D eigenvalue weighted by Gasteiger charge is -2.02. The number of carbonyl (C=O) groups excluding carboxylic acids is 2. The van der Waals surface area contributed by atoms with Gasteiger partial charge in [0.15, 0.2) is 5.78 Å². The number of rotatable bonds is 5. The molecule has 19 heavy (non-hydrogen) atoms. The number of ketones is 1. The summed E-state index contributed by atoms with van der Waals surface area (Å²) in [4.78, 5) is 22.5. The first-order chi connectivity index (χ1) is 9.08. The van der Waals surface area contributed by atoms with Gasteiger partial charge in [-0.15, -0.1) is 0 Å². The van der Waals surface area contributed by atoms with Crippen molar-refractivity contribution >= 4 is 17.4 Å². The zero-order valence-corrected chi connectivity index (χ0v) is 10.7. The molecule has 0 aromatic heterocycles. The van der Waals surface area contributed by atoms with Crippen molar-refractivity contribution in [3.8, 4) is 6.07 Å². The van der Waals surface area contributed by atoms with Gasteiger partial charge in [-0.3, -0.25) is 4.79 Å². The summed E-state index contributed by atoms with van der Waals surface area (Å²) in [5.41, 5.74) is 0.887. The predicted molar refractivity (Wildman–Crippen MR) is 67.0 cm³/mol. The molecule has 1 aromatic carbocycles. The van der Waals surface area contributed by atoms with Crippen LogP contribution in [-0.2, 0) is 9.53 Å². The fraction of sp³-hybridized carbons (Fsp3) is 0.308. The second-order valence-corrected chi connectivity index (χ2v) is 3.61. The molecule has 0 aliphatic carbocycles. The highest BCUT2D eigenvalue weighted by atomic mass is 16.5. The van der Waals surface area contributed by atoms with Crippen molar-refractivity contribution in [2.24, 2.45) is 10.2 Å². The molecule has 0 amide bonds. The second kappa shape index (κ2) is 7.01. The lowest BCUT2D eigenvalue weighted by molar-refractivity contribution is -0.143. The molecule has 1 atom stereocenters. The van der Waals surface area contributed by atoms with Crippen LogP contribution in [0.3, 0.4) is 0 Å². The zero-order chi connectivity index (χ0) is 14.3. The van der Waals surface area contributed by atoms with E-state index in [0.29, 0.717) is 11.3 Å². The van der Waals surface area contributed by atoms with Gasteiger partial charge in [0, 0.05) is 5.56 Å². The van der Waals surface area contributed by atoms with E-state index in [2.05, 4.69) is 15.0 Å². The van der Waals surface area contributed by atoms with E-state index in [1.165, 1.54) is 13.0 Å². The molecular formula is C13H13N3O3. The Morgan fingerprint density at radius 1 is 1.47 bits per heavy atom. The number of Topliss-reactive ketones (excluding diaryl/α,β-unsaturated/α-hetero) is 1. The van der Waals surface area contributed by atoms with Crippen molar-refractivity contribution in [2.75, 3.05) is 6.61 Å². The van der Waals surface area contributed by atoms with E-state index in [9.17, 15) is 9.59 Å². The Hall–Kier alpha value is -2.55. The van der Waals surface area contributed by atoms with Crippen molar-refractivity contribution in [3.63, 3.8) is 0 Å². The average molecular weight is 259 g/mol. The maximum Gasteiger partial charge on any atom is 0.347 e. The van der Waals surface area contributed by atoms with E-state index >= 15 is 0 Å². The minimum absolute atomic E-state index is 0.0979. The third kappa shape index (κ3) is 4.32. The van der Waals surface area contributed by atoms with Gasteiger partial charge in [-0.25, -0.2) is 4.79 Å². The molecule has 6 heteroatoms. The van der Waals surface area contributed by atoms with Gasteiger partial charge in [0.25, 0.3) is 6.04 Å². The molecule has 0 aliphatic heterocycles. The molecule has 1 unspecified atom stereocenters. The topological polar surface area (TPSA) is 91.9 Å². The molecule has 0 fully saturated rings. The standard InChI is InChI=1S/C13H13N3O3/c1-3-19-13(18)12(8-14)16-15-11-6-4-5-10(7-11)9(2)17/h4-7,12H,3H2,1-2H3. The first-order valence-electron chi connectivity index (χ1n) is 5.66. The Bertz CT molecular complexity index is 546. The van der Waals surface area contributed by atoms with Crippen LogP contribution in [-0.4, -0.2) is 24.4 Å². The summed E-state index contributed by atoms with van der Waals surface area (Å²) in [5.74, 6) is -0.837. The Kier molecular flexibility index (Phi) is 5.35. The van der Waals surface area contributed by atoms with Gasteiger partial charge in [0.2, 0.25) is 0 Å². The fourth-order valence-electron chi connectivity index (χ4n) is 1.26. The van der Waals surface area contributed by atoms with Crippen LogP contribution in [0.25, 0.3) is 0 Å². The van der Waals surface area contributed by atoms with Crippen LogP contribution in [0, 0.1) is 11.3 Å². The first kappa shape index (κ1) is 14.5. The summed E-state index contributed by atoms with van der Waals surface area (Å²) in [6.45, 7) is 3.25. The number of benzene rings is 1. The normalized spacial score (nSPS) is 11.8. The van der Waals surface area contributed by atoms with Crippen LogP contribution in [0.4, 0.5) is 5.69 Å². The number of ether oxygens (including phenoxy) is 1. The van der Waals surface area contributed by atoms with Crippen LogP contribution >= 0.6 is 0 Å². The van der Waals surface area contributed by atoms with Crippen LogP contribution in [0.5, 0.6) is 0 Å². The van der Waals surface area contributed by atoms with Crippen LogP contribution in [0.15, 0.2) is 34.5 Å². The molecule has 0 heterocycles. The lowest BCUT2D eigenvalue weighted by atomic mass is 10.1. The molecule has 0 aliphatic rings. The van der Waals surface area contributed by atoms with E-state index in [0.717, 1.165) is 0 Å². The van der Waals surface area contributed by atoms with E-state index in [-0.39, 0.29) is 12.4 Å². The van der Waals surface area contributed by atoms with Crippen LogP contribution in [0.1, 0.15) is 24.2 Å². The third-order valence-electron chi connectivity index (χ3n) is 2.17. The third-order valence-corrected chi connectivity index (χ3v) is 2.17. The number of azo groups is 1. The van der Waals surface area contributed by atoms with E-state index < -0.39 is 12.0 Å². The van der Waals surface area contributed by atoms with Crippen molar-refractivity contribution in [1.29, 1.82) is 5.26 Å². The second-order valence-electron chi connectivity index (χ2n) is 3.61. The number of carbonyl (C=O) groups is 2. The number of nitrogens with zero attached hydrogens (tertiary/aromatic N) is 3. The summed E-state index contributed by atoms with van der Waals surface area (Å²) in [6, 6.07) is 6.85. The minimum Gasteiger partial charge on any atom is -0.464 e. The minimum atomic E-state index is -1.29. The van der Waals surface area contributed by atoms with Crippen LogP contribution in [0.2, 0.25) is 0 Å². The largest absolute Gasteiger partial charge is 0.464 e. The van der Waals surface area contributed by atoms with Crippen LogP contribution < -0.4 is 0 Å². The fourth-order valence-corrected chi connectivity index (χ4v) is 1.26. The van der Waals surface area contributed by atoms with Gasteiger partial charge < -0.3 is 4.74 Å². The smallest absolute Gasteiger partial charge is 0.347 e. The van der Waals surface area contributed by atoms with Crippen molar-refractivity contribution in [3.05, 3.63) is 29.8 Å². The molecule has 1 aromatic rings. The number of esters is 1. The van der Waals surface area contributed by atoms with Gasteiger partial charge in [-0.1, -0.05) is 12.1 Å². The summed E-state index contributed by atoms with van der Waals surface area (Å²) in [6.07, 6.45) is 0. The summed E-state index contributed by atoms with van der Waals surface area (Å²) in [5, 5.41) is 16.2. The van der Waals surface area contributed by atoms with Gasteiger partial charge in [-0.2, -0.15) is 15.5 Å². The average Bonchev–Trinajstić information content (AvgIpc) is 2.40. The number of nitriles is 1. The molecule has 0 saturated carbocycles. The molecule has 0 bridgehead atoms. The van der Waals surface area contributed by atoms with Crippen molar-refractivity contribution in [2.45, 2.75) is 19.9 Å².